The van der Waals surface area contributed by atoms with Crippen molar-refractivity contribution in [1.82, 2.24) is 5.32 Å². The lowest BCUT2D eigenvalue weighted by Crippen LogP contribution is -2.30. The normalized spacial score (nSPS) is 9.90. The van der Waals surface area contributed by atoms with Crippen LogP contribution in [0.5, 0.6) is 0 Å². The van der Waals surface area contributed by atoms with Crippen molar-refractivity contribution in [3.8, 4) is 0 Å². The molecule has 0 unspecified atom stereocenters. The molecule has 0 aliphatic heterocycles. The summed E-state index contributed by atoms with van der Waals surface area (Å²) in [5.74, 6) is -0.0651. The van der Waals surface area contributed by atoms with E-state index in [1.165, 1.54) is 0 Å². The summed E-state index contributed by atoms with van der Waals surface area (Å²) in [5, 5.41) is 5.83. The summed E-state index contributed by atoms with van der Waals surface area (Å²) < 4.78 is 10.2. The van der Waals surface area contributed by atoms with Crippen LogP contribution in [0.2, 0.25) is 0 Å². The van der Waals surface area contributed by atoms with Crippen LogP contribution in [0.15, 0.2) is 24.3 Å². The number of carbonyl (C=O) groups excluding carboxylic acids is 1. The molecule has 1 amide bonds. The highest BCUT2D eigenvalue weighted by molar-refractivity contribution is 5.92. The maximum Gasteiger partial charge on any atom is 0.238 e. The Bertz CT molecular complexity index is 388. The Hall–Kier alpha value is -1.14. The topological polar surface area (TPSA) is 59.6 Å². The molecule has 1 aromatic rings. The lowest BCUT2D eigenvalue weighted by molar-refractivity contribution is -0.115. The number of benzene rings is 1. The lowest BCUT2D eigenvalue weighted by atomic mass is 10.2. The number of anilines is 1. The van der Waals surface area contributed by atoms with Gasteiger partial charge in [-0.1, -0.05) is 12.1 Å². The van der Waals surface area contributed by atoms with Gasteiger partial charge in [0.2, 0.25) is 5.91 Å². The van der Waals surface area contributed by atoms with Gasteiger partial charge in [0.1, 0.15) is 0 Å². The molecule has 5 nitrogen and oxygen atoms in total. The van der Waals surface area contributed by atoms with E-state index < -0.39 is 0 Å². The molecule has 114 valence electrons. The van der Waals surface area contributed by atoms with Gasteiger partial charge in [-0.25, -0.2) is 0 Å². The van der Waals surface area contributed by atoms with Crippen LogP contribution < -0.4 is 10.6 Å². The minimum atomic E-state index is -0.0651. The first kappa shape index (κ1) is 18.9. The van der Waals surface area contributed by atoms with Gasteiger partial charge in [0.05, 0.1) is 19.8 Å². The number of methoxy groups -OCH3 is 1. The second-order valence-corrected chi connectivity index (χ2v) is 4.06. The van der Waals surface area contributed by atoms with Crippen LogP contribution in [0.1, 0.15) is 12.5 Å². The molecule has 0 heterocycles. The molecule has 2 N–H and O–H groups in total. The Balaban J connectivity index is 0.00000361. The Morgan fingerprint density at radius 2 is 2.15 bits per heavy atom. The van der Waals surface area contributed by atoms with Crippen molar-refractivity contribution in [2.75, 3.05) is 38.7 Å². The minimum Gasteiger partial charge on any atom is -0.383 e. The van der Waals surface area contributed by atoms with Gasteiger partial charge in [-0.3, -0.25) is 4.79 Å². The zero-order valence-electron chi connectivity index (χ0n) is 12.0. The number of ether oxygens (including phenoxy) is 2. The van der Waals surface area contributed by atoms with Crippen LogP contribution in [0.4, 0.5) is 5.69 Å². The molecular weight excluding hydrogens is 280 g/mol. The maximum atomic E-state index is 11.7. The molecule has 0 atom stereocenters. The molecular formula is C14H23ClN2O3. The van der Waals surface area contributed by atoms with Crippen LogP contribution >= 0.6 is 12.4 Å². The van der Waals surface area contributed by atoms with Gasteiger partial charge in [0.15, 0.2) is 0 Å². The van der Waals surface area contributed by atoms with Gasteiger partial charge in [0.25, 0.3) is 0 Å². The van der Waals surface area contributed by atoms with Crippen molar-refractivity contribution >= 4 is 24.0 Å². The Morgan fingerprint density at radius 1 is 1.35 bits per heavy atom. The highest BCUT2D eigenvalue weighted by atomic mass is 35.5. The zero-order valence-corrected chi connectivity index (χ0v) is 12.8. The fourth-order valence-electron chi connectivity index (χ4n) is 1.54. The molecule has 0 spiro atoms. The third kappa shape index (κ3) is 8.12. The molecule has 0 fully saturated rings. The SMILES string of the molecule is CCOCc1cccc(NC(=O)CNCCOC)c1.Cl. The first-order valence-electron chi connectivity index (χ1n) is 6.42. The highest BCUT2D eigenvalue weighted by Gasteiger charge is 2.02. The van der Waals surface area contributed by atoms with Crippen LogP contribution in [0.3, 0.4) is 0 Å². The van der Waals surface area contributed by atoms with Crippen molar-refractivity contribution in [2.45, 2.75) is 13.5 Å². The number of rotatable bonds is 9. The van der Waals surface area contributed by atoms with Crippen molar-refractivity contribution in [3.63, 3.8) is 0 Å². The third-order valence-corrected chi connectivity index (χ3v) is 2.45. The summed E-state index contributed by atoms with van der Waals surface area (Å²) in [6.45, 7) is 4.73. The smallest absolute Gasteiger partial charge is 0.238 e. The van der Waals surface area contributed by atoms with Crippen LogP contribution in [0, 0.1) is 0 Å². The summed E-state index contributed by atoms with van der Waals surface area (Å²) in [7, 11) is 1.63. The molecule has 6 heteroatoms. The van der Waals surface area contributed by atoms with Crippen LogP contribution in [-0.4, -0.2) is 39.3 Å². The van der Waals surface area contributed by atoms with Crippen LogP contribution in [-0.2, 0) is 20.9 Å². The minimum absolute atomic E-state index is 0. The first-order chi connectivity index (χ1) is 9.26. The summed E-state index contributed by atoms with van der Waals surface area (Å²) >= 11 is 0. The Labute approximate surface area is 126 Å². The van der Waals surface area contributed by atoms with Crippen molar-refractivity contribution in [3.05, 3.63) is 29.8 Å². The Kier molecular flexibility index (Phi) is 11.0. The zero-order chi connectivity index (χ0) is 13.9. The highest BCUT2D eigenvalue weighted by Crippen LogP contribution is 2.11. The molecule has 0 radical (unpaired) electrons. The average molecular weight is 303 g/mol. The van der Waals surface area contributed by atoms with Gasteiger partial charge in [-0.15, -0.1) is 12.4 Å². The van der Waals surface area contributed by atoms with E-state index in [4.69, 9.17) is 9.47 Å². The van der Waals surface area contributed by atoms with Gasteiger partial charge in [-0.05, 0) is 24.6 Å². The fourth-order valence-corrected chi connectivity index (χ4v) is 1.54. The number of amides is 1. The van der Waals surface area contributed by atoms with Gasteiger partial charge >= 0.3 is 0 Å². The number of hydrogen-bond donors (Lipinski definition) is 2. The summed E-state index contributed by atoms with van der Waals surface area (Å²) in [6.07, 6.45) is 0. The largest absolute Gasteiger partial charge is 0.383 e. The van der Waals surface area contributed by atoms with Gasteiger partial charge in [-0.2, -0.15) is 0 Å². The van der Waals surface area contributed by atoms with E-state index in [1.54, 1.807) is 7.11 Å². The molecule has 0 saturated heterocycles. The lowest BCUT2D eigenvalue weighted by Gasteiger charge is -2.08. The second kappa shape index (κ2) is 11.7. The predicted molar refractivity (Wildman–Crippen MR) is 82.4 cm³/mol. The molecule has 1 aromatic carbocycles. The molecule has 0 aliphatic carbocycles. The summed E-state index contributed by atoms with van der Waals surface area (Å²) in [4.78, 5) is 11.7. The molecule has 20 heavy (non-hydrogen) atoms. The monoisotopic (exact) mass is 302 g/mol. The number of hydrogen-bond acceptors (Lipinski definition) is 4. The Morgan fingerprint density at radius 3 is 2.85 bits per heavy atom. The average Bonchev–Trinajstić information content (AvgIpc) is 2.42. The second-order valence-electron chi connectivity index (χ2n) is 4.06. The van der Waals surface area contributed by atoms with E-state index in [-0.39, 0.29) is 24.9 Å². The van der Waals surface area contributed by atoms with E-state index >= 15 is 0 Å². The molecule has 0 aromatic heterocycles. The third-order valence-electron chi connectivity index (χ3n) is 2.45. The van der Waals surface area contributed by atoms with E-state index in [2.05, 4.69) is 10.6 Å². The van der Waals surface area contributed by atoms with Crippen molar-refractivity contribution < 1.29 is 14.3 Å². The number of carbonyl (C=O) groups is 1. The first-order valence-corrected chi connectivity index (χ1v) is 6.42. The molecule has 0 bridgehead atoms. The standard InChI is InChI=1S/C14H22N2O3.ClH/c1-3-19-11-12-5-4-6-13(9-12)16-14(17)10-15-7-8-18-2;/h4-6,9,15H,3,7-8,10-11H2,1-2H3,(H,16,17);1H. The number of nitrogens with one attached hydrogen (secondary N) is 2. The fraction of sp³-hybridized carbons (Fsp3) is 0.500. The molecule has 1 rings (SSSR count). The van der Waals surface area contributed by atoms with E-state index in [0.717, 1.165) is 11.3 Å². The molecule has 0 saturated carbocycles. The van der Waals surface area contributed by atoms with Crippen molar-refractivity contribution in [1.29, 1.82) is 0 Å². The van der Waals surface area contributed by atoms with E-state index in [1.807, 2.05) is 31.2 Å². The van der Waals surface area contributed by atoms with Crippen molar-refractivity contribution in [2.24, 2.45) is 0 Å². The van der Waals surface area contributed by atoms with Crippen LogP contribution in [0.25, 0.3) is 0 Å². The quantitative estimate of drug-likeness (QED) is 0.683. The molecule has 0 aliphatic rings. The van der Waals surface area contributed by atoms with Gasteiger partial charge in [0, 0.05) is 25.9 Å². The predicted octanol–water partition coefficient (Wildman–Crippen LogP) is 1.82. The van der Waals surface area contributed by atoms with Gasteiger partial charge < -0.3 is 20.1 Å². The van der Waals surface area contributed by atoms with E-state index in [0.29, 0.717) is 26.4 Å². The van der Waals surface area contributed by atoms with E-state index in [9.17, 15) is 4.79 Å². The summed E-state index contributed by atoms with van der Waals surface area (Å²) in [6, 6.07) is 7.66. The summed E-state index contributed by atoms with van der Waals surface area (Å²) in [5.41, 5.74) is 1.84. The number of halogens is 1. The maximum absolute atomic E-state index is 11.7.